The van der Waals surface area contributed by atoms with E-state index in [0.29, 0.717) is 16.1 Å². The summed E-state index contributed by atoms with van der Waals surface area (Å²) in [4.78, 5) is 26.8. The number of nitrogens with one attached hydrogen (secondary N) is 2. The van der Waals surface area contributed by atoms with E-state index in [-0.39, 0.29) is 11.8 Å². The highest BCUT2D eigenvalue weighted by atomic mass is 32.1. The van der Waals surface area contributed by atoms with Crippen LogP contribution in [-0.2, 0) is 12.8 Å². The average Bonchev–Trinajstić information content (AvgIpc) is 2.80. The second kappa shape index (κ2) is 8.48. The quantitative estimate of drug-likeness (QED) is 0.456. The number of rotatable bonds is 4. The maximum Gasteiger partial charge on any atom is 0.274 e. The number of carbonyl (C=O) groups excluding carboxylic acids is 2. The monoisotopic (exact) mass is 383 g/mol. The molecule has 27 heavy (non-hydrogen) atoms. The van der Waals surface area contributed by atoms with Crippen molar-refractivity contribution < 1.29 is 9.59 Å². The SMILES string of the molecule is CC(C)=NNC(=O)c1c(NC(=O)c2cccc(C)c2)sc2c1CCCCC2. The Kier molecular flexibility index (Phi) is 6.06. The van der Waals surface area contributed by atoms with Crippen molar-refractivity contribution in [3.8, 4) is 0 Å². The Balaban J connectivity index is 1.95. The van der Waals surface area contributed by atoms with E-state index >= 15 is 0 Å². The summed E-state index contributed by atoms with van der Waals surface area (Å²) in [6, 6.07) is 7.44. The average molecular weight is 384 g/mol. The Morgan fingerprint density at radius 3 is 2.59 bits per heavy atom. The van der Waals surface area contributed by atoms with Crippen LogP contribution in [0.4, 0.5) is 5.00 Å². The molecule has 1 aliphatic rings. The van der Waals surface area contributed by atoms with Gasteiger partial charge in [0.1, 0.15) is 5.00 Å². The maximum atomic E-state index is 12.8. The first kappa shape index (κ1) is 19.3. The number of nitrogens with zero attached hydrogens (tertiary/aromatic N) is 1. The molecule has 0 saturated heterocycles. The Bertz CT molecular complexity index is 895. The van der Waals surface area contributed by atoms with Crippen LogP contribution in [0.15, 0.2) is 29.4 Å². The molecule has 2 N–H and O–H groups in total. The summed E-state index contributed by atoms with van der Waals surface area (Å²) in [7, 11) is 0. The molecule has 0 bridgehead atoms. The fourth-order valence-electron chi connectivity index (χ4n) is 3.25. The molecule has 142 valence electrons. The third-order valence-electron chi connectivity index (χ3n) is 4.54. The molecular weight excluding hydrogens is 358 g/mol. The molecule has 2 amide bonds. The van der Waals surface area contributed by atoms with Crippen LogP contribution in [-0.4, -0.2) is 17.5 Å². The highest BCUT2D eigenvalue weighted by Gasteiger charge is 2.26. The Morgan fingerprint density at radius 1 is 1.07 bits per heavy atom. The molecule has 1 aliphatic carbocycles. The van der Waals surface area contributed by atoms with Gasteiger partial charge < -0.3 is 5.32 Å². The van der Waals surface area contributed by atoms with Crippen molar-refractivity contribution in [2.45, 2.75) is 52.9 Å². The summed E-state index contributed by atoms with van der Waals surface area (Å²) >= 11 is 1.52. The van der Waals surface area contributed by atoms with Crippen LogP contribution in [0.25, 0.3) is 0 Å². The molecular formula is C21H25N3O2S. The fraction of sp³-hybridized carbons (Fsp3) is 0.381. The van der Waals surface area contributed by atoms with Gasteiger partial charge in [0.25, 0.3) is 11.8 Å². The number of thiophene rings is 1. The van der Waals surface area contributed by atoms with Crippen molar-refractivity contribution in [2.24, 2.45) is 5.10 Å². The molecule has 6 heteroatoms. The van der Waals surface area contributed by atoms with Crippen molar-refractivity contribution in [1.82, 2.24) is 5.43 Å². The van der Waals surface area contributed by atoms with Gasteiger partial charge in [-0.2, -0.15) is 5.10 Å². The number of carbonyl (C=O) groups is 2. The lowest BCUT2D eigenvalue weighted by molar-refractivity contribution is 0.0955. The van der Waals surface area contributed by atoms with Gasteiger partial charge >= 0.3 is 0 Å². The summed E-state index contributed by atoms with van der Waals surface area (Å²) in [6.07, 6.45) is 5.16. The van der Waals surface area contributed by atoms with E-state index in [1.807, 2.05) is 39.0 Å². The standard InChI is InChI=1S/C21H25N3O2S/c1-13(2)23-24-20(26)18-16-10-5-4-6-11-17(16)27-21(18)22-19(25)15-9-7-8-14(3)12-15/h7-9,12H,4-6,10-11H2,1-3H3,(H,22,25)(H,24,26). The zero-order valence-corrected chi connectivity index (χ0v) is 16.8. The molecule has 5 nitrogen and oxygen atoms in total. The third kappa shape index (κ3) is 4.63. The Morgan fingerprint density at radius 2 is 1.85 bits per heavy atom. The smallest absolute Gasteiger partial charge is 0.274 e. The molecule has 0 saturated carbocycles. The van der Waals surface area contributed by atoms with Crippen molar-refractivity contribution in [2.75, 3.05) is 5.32 Å². The van der Waals surface area contributed by atoms with E-state index in [1.54, 1.807) is 6.07 Å². The third-order valence-corrected chi connectivity index (χ3v) is 5.74. The van der Waals surface area contributed by atoms with E-state index in [9.17, 15) is 9.59 Å². The van der Waals surface area contributed by atoms with Gasteiger partial charge in [-0.05, 0) is 64.2 Å². The lowest BCUT2D eigenvalue weighted by Gasteiger charge is -2.09. The van der Waals surface area contributed by atoms with Crippen molar-refractivity contribution in [3.63, 3.8) is 0 Å². The van der Waals surface area contributed by atoms with Gasteiger partial charge in [-0.25, -0.2) is 5.43 Å². The van der Waals surface area contributed by atoms with Gasteiger partial charge in [0, 0.05) is 16.2 Å². The fourth-order valence-corrected chi connectivity index (χ4v) is 4.53. The van der Waals surface area contributed by atoms with Crippen LogP contribution in [0, 0.1) is 6.92 Å². The molecule has 1 heterocycles. The lowest BCUT2D eigenvalue weighted by Crippen LogP contribution is -2.22. The van der Waals surface area contributed by atoms with Crippen LogP contribution >= 0.6 is 11.3 Å². The van der Waals surface area contributed by atoms with Crippen LogP contribution in [0.1, 0.15) is 69.8 Å². The highest BCUT2D eigenvalue weighted by molar-refractivity contribution is 7.17. The van der Waals surface area contributed by atoms with Crippen LogP contribution in [0.2, 0.25) is 0 Å². The largest absolute Gasteiger partial charge is 0.313 e. The zero-order valence-electron chi connectivity index (χ0n) is 16.0. The van der Waals surface area contributed by atoms with Gasteiger partial charge in [0.15, 0.2) is 0 Å². The number of hydrogen-bond acceptors (Lipinski definition) is 4. The van der Waals surface area contributed by atoms with Crippen LogP contribution in [0.5, 0.6) is 0 Å². The van der Waals surface area contributed by atoms with Gasteiger partial charge in [-0.1, -0.05) is 24.1 Å². The van der Waals surface area contributed by atoms with Crippen molar-refractivity contribution in [3.05, 3.63) is 51.4 Å². The minimum atomic E-state index is -0.254. The highest BCUT2D eigenvalue weighted by Crippen LogP contribution is 2.37. The molecule has 2 aromatic rings. The molecule has 0 fully saturated rings. The zero-order chi connectivity index (χ0) is 19.4. The molecule has 1 aromatic heterocycles. The number of anilines is 1. The number of aryl methyl sites for hydroxylation is 2. The summed E-state index contributed by atoms with van der Waals surface area (Å²) in [5, 5.41) is 7.64. The number of fused-ring (bicyclic) bond motifs is 1. The van der Waals surface area contributed by atoms with Crippen LogP contribution < -0.4 is 10.7 Å². The molecule has 0 aliphatic heterocycles. The van der Waals surface area contributed by atoms with E-state index in [1.165, 1.54) is 22.6 Å². The summed E-state index contributed by atoms with van der Waals surface area (Å²) in [6.45, 7) is 5.61. The number of amides is 2. The number of hydrogen-bond donors (Lipinski definition) is 2. The van der Waals surface area contributed by atoms with E-state index < -0.39 is 0 Å². The predicted molar refractivity (Wildman–Crippen MR) is 111 cm³/mol. The molecule has 0 radical (unpaired) electrons. The molecule has 1 aromatic carbocycles. The van der Waals surface area contributed by atoms with Gasteiger partial charge in [0.2, 0.25) is 0 Å². The second-order valence-corrected chi connectivity index (χ2v) is 8.20. The summed E-state index contributed by atoms with van der Waals surface area (Å²) in [5.74, 6) is -0.450. The lowest BCUT2D eigenvalue weighted by atomic mass is 10.0. The summed E-state index contributed by atoms with van der Waals surface area (Å²) in [5.41, 5.74) is 6.65. The molecule has 0 atom stereocenters. The van der Waals surface area contributed by atoms with E-state index in [0.717, 1.165) is 42.5 Å². The second-order valence-electron chi connectivity index (χ2n) is 7.09. The Hall–Kier alpha value is -2.47. The minimum absolute atomic E-state index is 0.195. The van der Waals surface area contributed by atoms with Crippen molar-refractivity contribution in [1.29, 1.82) is 0 Å². The predicted octanol–water partition coefficient (Wildman–Crippen LogP) is 4.70. The number of hydrazone groups is 1. The summed E-state index contributed by atoms with van der Waals surface area (Å²) < 4.78 is 0. The normalized spacial score (nSPS) is 13.3. The van der Waals surface area contributed by atoms with Gasteiger partial charge in [-0.3, -0.25) is 9.59 Å². The van der Waals surface area contributed by atoms with E-state index in [2.05, 4.69) is 15.8 Å². The molecule has 0 unspecified atom stereocenters. The maximum absolute atomic E-state index is 12.8. The van der Waals surface area contributed by atoms with Gasteiger partial charge in [0.05, 0.1) is 5.56 Å². The van der Waals surface area contributed by atoms with Gasteiger partial charge in [-0.15, -0.1) is 11.3 Å². The molecule has 3 rings (SSSR count). The van der Waals surface area contributed by atoms with E-state index in [4.69, 9.17) is 0 Å². The first-order valence-electron chi connectivity index (χ1n) is 9.29. The Labute approximate surface area is 163 Å². The van der Waals surface area contributed by atoms with Crippen molar-refractivity contribution >= 4 is 33.9 Å². The first-order valence-corrected chi connectivity index (χ1v) is 10.1. The minimum Gasteiger partial charge on any atom is -0.313 e. The molecule has 0 spiro atoms. The topological polar surface area (TPSA) is 70.6 Å². The first-order chi connectivity index (χ1) is 13.0. The number of benzene rings is 1. The van der Waals surface area contributed by atoms with Crippen LogP contribution in [0.3, 0.4) is 0 Å².